The van der Waals surface area contributed by atoms with Crippen LogP contribution in [0.4, 0.5) is 5.69 Å². The predicted molar refractivity (Wildman–Crippen MR) is 74.5 cm³/mol. The van der Waals surface area contributed by atoms with E-state index in [1.54, 1.807) is 12.1 Å². The Morgan fingerprint density at radius 1 is 1.45 bits per heavy atom. The van der Waals surface area contributed by atoms with Gasteiger partial charge in [-0.2, -0.15) is 0 Å². The first-order chi connectivity index (χ1) is 9.43. The van der Waals surface area contributed by atoms with Crippen molar-refractivity contribution >= 4 is 11.7 Å². The van der Waals surface area contributed by atoms with Gasteiger partial charge in [0, 0.05) is 12.1 Å². The molecule has 2 atom stereocenters. The highest BCUT2D eigenvalue weighted by atomic mass is 16.6. The van der Waals surface area contributed by atoms with Crippen LogP contribution in [0.1, 0.15) is 38.2 Å². The van der Waals surface area contributed by atoms with Gasteiger partial charge in [0.25, 0.3) is 5.69 Å². The number of rotatable bonds is 5. The van der Waals surface area contributed by atoms with Crippen molar-refractivity contribution in [3.63, 3.8) is 0 Å². The lowest BCUT2D eigenvalue weighted by atomic mass is 9.80. The summed E-state index contributed by atoms with van der Waals surface area (Å²) in [4.78, 5) is 21.7. The lowest BCUT2D eigenvalue weighted by Crippen LogP contribution is -2.28. The summed E-state index contributed by atoms with van der Waals surface area (Å²) in [5.41, 5.74) is 0.410. The van der Waals surface area contributed by atoms with Gasteiger partial charge >= 0.3 is 5.97 Å². The van der Waals surface area contributed by atoms with Gasteiger partial charge in [-0.1, -0.05) is 19.1 Å². The van der Waals surface area contributed by atoms with E-state index in [0.29, 0.717) is 18.8 Å². The standard InChI is InChI=1S/C15H19NO4/c1-11-6-8-15(10-11,14(17)18)9-7-12-2-4-13(5-3-12)16(19)20/h2-5,11H,6-10H2,1H3,(H,17,18). The number of nitrogens with zero attached hydrogens (tertiary/aromatic N) is 1. The highest BCUT2D eigenvalue weighted by molar-refractivity contribution is 5.75. The second-order valence-corrected chi connectivity index (χ2v) is 5.86. The van der Waals surface area contributed by atoms with Crippen LogP contribution in [-0.2, 0) is 11.2 Å². The third-order valence-electron chi connectivity index (χ3n) is 4.35. The van der Waals surface area contributed by atoms with Crippen LogP contribution in [0, 0.1) is 21.4 Å². The van der Waals surface area contributed by atoms with E-state index in [1.165, 1.54) is 12.1 Å². The number of carboxylic acids is 1. The number of carbonyl (C=O) groups is 1. The van der Waals surface area contributed by atoms with Gasteiger partial charge in [0.15, 0.2) is 0 Å². The zero-order chi connectivity index (χ0) is 14.8. The topological polar surface area (TPSA) is 80.4 Å². The lowest BCUT2D eigenvalue weighted by molar-refractivity contribution is -0.384. The van der Waals surface area contributed by atoms with Gasteiger partial charge in [-0.15, -0.1) is 0 Å². The Balaban J connectivity index is 2.03. The Bertz CT molecular complexity index is 511. The van der Waals surface area contributed by atoms with Gasteiger partial charge in [0.2, 0.25) is 0 Å². The molecule has 1 saturated carbocycles. The molecule has 0 heterocycles. The molecule has 0 aromatic heterocycles. The van der Waals surface area contributed by atoms with Gasteiger partial charge in [-0.25, -0.2) is 0 Å². The molecular formula is C15H19NO4. The normalized spacial score (nSPS) is 25.6. The van der Waals surface area contributed by atoms with Gasteiger partial charge in [0.1, 0.15) is 0 Å². The van der Waals surface area contributed by atoms with E-state index in [2.05, 4.69) is 6.92 Å². The van der Waals surface area contributed by atoms with E-state index in [0.717, 1.165) is 24.8 Å². The smallest absolute Gasteiger partial charge is 0.309 e. The number of nitro groups is 1. The molecular weight excluding hydrogens is 258 g/mol. The third-order valence-corrected chi connectivity index (χ3v) is 4.35. The fourth-order valence-corrected chi connectivity index (χ4v) is 3.09. The zero-order valence-electron chi connectivity index (χ0n) is 11.5. The molecule has 1 aromatic rings. The lowest BCUT2D eigenvalue weighted by Gasteiger charge is -2.24. The minimum Gasteiger partial charge on any atom is -0.481 e. The van der Waals surface area contributed by atoms with E-state index >= 15 is 0 Å². The van der Waals surface area contributed by atoms with Gasteiger partial charge in [-0.05, 0) is 43.6 Å². The molecule has 1 aliphatic carbocycles. The summed E-state index contributed by atoms with van der Waals surface area (Å²) in [6.07, 6.45) is 3.68. The molecule has 2 rings (SSSR count). The summed E-state index contributed by atoms with van der Waals surface area (Å²) in [7, 11) is 0. The van der Waals surface area contributed by atoms with Crippen LogP contribution in [0.3, 0.4) is 0 Å². The summed E-state index contributed by atoms with van der Waals surface area (Å²) in [5.74, 6) is -0.244. The number of benzene rings is 1. The number of non-ortho nitro benzene ring substituents is 1. The van der Waals surface area contributed by atoms with Crippen molar-refractivity contribution in [3.05, 3.63) is 39.9 Å². The van der Waals surface area contributed by atoms with Gasteiger partial charge < -0.3 is 5.11 Å². The minimum absolute atomic E-state index is 0.0659. The van der Waals surface area contributed by atoms with Crippen molar-refractivity contribution in [3.8, 4) is 0 Å². The Morgan fingerprint density at radius 2 is 2.10 bits per heavy atom. The molecule has 0 radical (unpaired) electrons. The number of hydrogen-bond acceptors (Lipinski definition) is 3. The Hall–Kier alpha value is -1.91. The van der Waals surface area contributed by atoms with Gasteiger partial charge in [0.05, 0.1) is 10.3 Å². The summed E-state index contributed by atoms with van der Waals surface area (Å²) < 4.78 is 0. The van der Waals surface area contributed by atoms with Crippen LogP contribution in [0.15, 0.2) is 24.3 Å². The molecule has 5 heteroatoms. The molecule has 108 valence electrons. The quantitative estimate of drug-likeness (QED) is 0.660. The molecule has 5 nitrogen and oxygen atoms in total. The average Bonchev–Trinajstić information content (AvgIpc) is 2.80. The Labute approximate surface area is 117 Å². The van der Waals surface area contributed by atoms with Crippen molar-refractivity contribution in [2.24, 2.45) is 11.3 Å². The third kappa shape index (κ3) is 2.98. The van der Waals surface area contributed by atoms with E-state index < -0.39 is 16.3 Å². The van der Waals surface area contributed by atoms with Crippen LogP contribution in [-0.4, -0.2) is 16.0 Å². The SMILES string of the molecule is CC1CCC(CCc2ccc([N+](=O)[O-])cc2)(C(=O)O)C1. The van der Waals surface area contributed by atoms with Crippen LogP contribution >= 0.6 is 0 Å². The minimum atomic E-state index is -0.705. The molecule has 2 unspecified atom stereocenters. The predicted octanol–water partition coefficient (Wildman–Crippen LogP) is 3.42. The van der Waals surface area contributed by atoms with Gasteiger partial charge in [-0.3, -0.25) is 14.9 Å². The van der Waals surface area contributed by atoms with Crippen molar-refractivity contribution in [1.82, 2.24) is 0 Å². The maximum Gasteiger partial charge on any atom is 0.309 e. The van der Waals surface area contributed by atoms with Crippen LogP contribution in [0.2, 0.25) is 0 Å². The number of nitro benzene ring substituents is 1. The maximum atomic E-state index is 11.5. The largest absolute Gasteiger partial charge is 0.481 e. The van der Waals surface area contributed by atoms with Crippen molar-refractivity contribution < 1.29 is 14.8 Å². The van der Waals surface area contributed by atoms with Crippen molar-refractivity contribution in [2.45, 2.75) is 39.0 Å². The van der Waals surface area contributed by atoms with E-state index in [4.69, 9.17) is 0 Å². The Kier molecular flexibility index (Phi) is 4.06. The maximum absolute atomic E-state index is 11.5. The molecule has 20 heavy (non-hydrogen) atoms. The highest BCUT2D eigenvalue weighted by Crippen LogP contribution is 2.45. The molecule has 0 spiro atoms. The molecule has 0 aliphatic heterocycles. The van der Waals surface area contributed by atoms with Crippen LogP contribution in [0.25, 0.3) is 0 Å². The number of aliphatic carboxylic acids is 1. The first-order valence-corrected chi connectivity index (χ1v) is 6.90. The van der Waals surface area contributed by atoms with E-state index in [1.807, 2.05) is 0 Å². The monoisotopic (exact) mass is 277 g/mol. The average molecular weight is 277 g/mol. The molecule has 1 aliphatic rings. The second kappa shape index (κ2) is 5.61. The molecule has 1 fully saturated rings. The number of aryl methyl sites for hydroxylation is 1. The summed E-state index contributed by atoms with van der Waals surface area (Å²) in [6.45, 7) is 2.09. The Morgan fingerprint density at radius 3 is 2.55 bits per heavy atom. The van der Waals surface area contributed by atoms with Crippen molar-refractivity contribution in [1.29, 1.82) is 0 Å². The first-order valence-electron chi connectivity index (χ1n) is 6.90. The van der Waals surface area contributed by atoms with E-state index in [9.17, 15) is 20.0 Å². The molecule has 0 bridgehead atoms. The van der Waals surface area contributed by atoms with Crippen LogP contribution < -0.4 is 0 Å². The highest BCUT2D eigenvalue weighted by Gasteiger charge is 2.43. The number of hydrogen-bond donors (Lipinski definition) is 1. The summed E-state index contributed by atoms with van der Waals surface area (Å²) >= 11 is 0. The summed E-state index contributed by atoms with van der Waals surface area (Å²) in [6, 6.07) is 6.37. The van der Waals surface area contributed by atoms with Crippen molar-refractivity contribution in [2.75, 3.05) is 0 Å². The zero-order valence-corrected chi connectivity index (χ0v) is 11.5. The molecule has 1 aromatic carbocycles. The number of carboxylic acid groups (broad SMARTS) is 1. The fourth-order valence-electron chi connectivity index (χ4n) is 3.09. The van der Waals surface area contributed by atoms with Crippen LogP contribution in [0.5, 0.6) is 0 Å². The molecule has 1 N–H and O–H groups in total. The molecule has 0 saturated heterocycles. The second-order valence-electron chi connectivity index (χ2n) is 5.86. The molecule has 0 amide bonds. The first kappa shape index (κ1) is 14.5. The summed E-state index contributed by atoms with van der Waals surface area (Å²) in [5, 5.41) is 20.1. The fraction of sp³-hybridized carbons (Fsp3) is 0.533. The van der Waals surface area contributed by atoms with E-state index in [-0.39, 0.29) is 5.69 Å².